The summed E-state index contributed by atoms with van der Waals surface area (Å²) in [7, 11) is 5.40. The summed E-state index contributed by atoms with van der Waals surface area (Å²) in [4.78, 5) is 25.1. The quantitative estimate of drug-likeness (QED) is 0.414. The van der Waals surface area contributed by atoms with E-state index in [1.807, 2.05) is 0 Å². The van der Waals surface area contributed by atoms with Gasteiger partial charge in [0.2, 0.25) is 5.91 Å². The Morgan fingerprint density at radius 2 is 1.75 bits per heavy atom. The molecule has 5 heteroatoms. The van der Waals surface area contributed by atoms with Crippen LogP contribution in [0.4, 0.5) is 0 Å². The number of unbranched alkanes of at least 4 members (excludes halogenated alkanes) is 3. The summed E-state index contributed by atoms with van der Waals surface area (Å²) in [5, 5.41) is 3.28. The second-order valence-corrected chi connectivity index (χ2v) is 5.12. The Labute approximate surface area is 125 Å². The van der Waals surface area contributed by atoms with Gasteiger partial charge in [0.1, 0.15) is 0 Å². The molecule has 0 saturated carbocycles. The second-order valence-electron chi connectivity index (χ2n) is 5.12. The number of rotatable bonds is 13. The van der Waals surface area contributed by atoms with Crippen LogP contribution in [0.1, 0.15) is 52.4 Å². The molecule has 0 heterocycles. The van der Waals surface area contributed by atoms with Crippen molar-refractivity contribution in [3.05, 3.63) is 0 Å². The smallest absolute Gasteiger partial charge is 0.214 e. The summed E-state index contributed by atoms with van der Waals surface area (Å²) in [6, 6.07) is 0. The van der Waals surface area contributed by atoms with Crippen LogP contribution in [0.15, 0.2) is 0 Å². The molecule has 20 heavy (non-hydrogen) atoms. The molecule has 0 atom stereocenters. The SMILES string of the molecule is [B]CC(=O)N(CCNCCCC)CC(=O)CCCCC. The molecule has 0 aliphatic heterocycles. The highest BCUT2D eigenvalue weighted by molar-refractivity contribution is 6.19. The van der Waals surface area contributed by atoms with E-state index >= 15 is 0 Å². The van der Waals surface area contributed by atoms with Gasteiger partial charge in [0.25, 0.3) is 0 Å². The molecule has 0 aromatic heterocycles. The van der Waals surface area contributed by atoms with Crippen molar-refractivity contribution in [1.29, 1.82) is 0 Å². The zero-order chi connectivity index (χ0) is 15.2. The Morgan fingerprint density at radius 3 is 2.35 bits per heavy atom. The number of hydrogen-bond acceptors (Lipinski definition) is 3. The number of Topliss-reactive ketones (excluding diaryl/α,β-unsaturated/α-hetero) is 1. The van der Waals surface area contributed by atoms with E-state index in [0.717, 1.165) is 38.6 Å². The molecule has 0 spiro atoms. The molecule has 0 saturated heterocycles. The van der Waals surface area contributed by atoms with E-state index in [1.165, 1.54) is 0 Å². The molecule has 114 valence electrons. The summed E-state index contributed by atoms with van der Waals surface area (Å²) >= 11 is 0. The maximum absolute atomic E-state index is 11.8. The number of hydrogen-bond donors (Lipinski definition) is 1. The topological polar surface area (TPSA) is 49.4 Å². The number of amides is 1. The number of nitrogens with one attached hydrogen (secondary N) is 1. The summed E-state index contributed by atoms with van der Waals surface area (Å²) in [6.45, 7) is 6.67. The van der Waals surface area contributed by atoms with Gasteiger partial charge in [-0.1, -0.05) is 33.1 Å². The van der Waals surface area contributed by atoms with E-state index in [1.54, 1.807) is 4.90 Å². The molecule has 1 amide bonds. The second kappa shape index (κ2) is 13.2. The zero-order valence-electron chi connectivity index (χ0n) is 13.1. The Morgan fingerprint density at radius 1 is 1.05 bits per heavy atom. The lowest BCUT2D eigenvalue weighted by molar-refractivity contribution is -0.133. The van der Waals surface area contributed by atoms with Crippen molar-refractivity contribution in [2.45, 2.75) is 58.7 Å². The Bertz CT molecular complexity index is 273. The first-order valence-electron chi connectivity index (χ1n) is 7.85. The molecule has 0 bridgehead atoms. The predicted molar refractivity (Wildman–Crippen MR) is 84.1 cm³/mol. The Balaban J connectivity index is 4.01. The molecule has 0 aliphatic carbocycles. The van der Waals surface area contributed by atoms with Crippen LogP contribution in [0.3, 0.4) is 0 Å². The average molecular weight is 280 g/mol. The highest BCUT2D eigenvalue weighted by Gasteiger charge is 2.14. The number of carbonyl (C=O) groups is 2. The van der Waals surface area contributed by atoms with Crippen LogP contribution >= 0.6 is 0 Å². The summed E-state index contributed by atoms with van der Waals surface area (Å²) in [6.07, 6.45) is 5.88. The third-order valence-corrected chi connectivity index (χ3v) is 3.22. The highest BCUT2D eigenvalue weighted by atomic mass is 16.2. The summed E-state index contributed by atoms with van der Waals surface area (Å²) < 4.78 is 0. The first-order chi connectivity index (χ1) is 9.65. The van der Waals surface area contributed by atoms with Gasteiger partial charge in [0.05, 0.1) is 14.4 Å². The van der Waals surface area contributed by atoms with E-state index in [9.17, 15) is 9.59 Å². The van der Waals surface area contributed by atoms with E-state index in [-0.39, 0.29) is 24.6 Å². The molecule has 0 aromatic rings. The fourth-order valence-electron chi connectivity index (χ4n) is 1.93. The van der Waals surface area contributed by atoms with Crippen LogP contribution in [0.5, 0.6) is 0 Å². The largest absolute Gasteiger partial charge is 0.335 e. The number of carbonyl (C=O) groups excluding carboxylic acids is 2. The fraction of sp³-hybridized carbons (Fsp3) is 0.867. The van der Waals surface area contributed by atoms with Crippen molar-refractivity contribution < 1.29 is 9.59 Å². The van der Waals surface area contributed by atoms with Crippen molar-refractivity contribution in [2.75, 3.05) is 26.2 Å². The molecule has 0 aromatic carbocycles. The summed E-state index contributed by atoms with van der Waals surface area (Å²) in [5.74, 6) is -0.0139. The summed E-state index contributed by atoms with van der Waals surface area (Å²) in [5.41, 5.74) is 0. The molecule has 0 fully saturated rings. The van der Waals surface area contributed by atoms with Crippen LogP contribution in [0, 0.1) is 0 Å². The lowest BCUT2D eigenvalue weighted by atomic mass is 10.0. The van der Waals surface area contributed by atoms with Gasteiger partial charge in [-0.2, -0.15) is 0 Å². The minimum Gasteiger partial charge on any atom is -0.335 e. The normalized spacial score (nSPS) is 10.5. The third kappa shape index (κ3) is 10.0. The van der Waals surface area contributed by atoms with Gasteiger partial charge >= 0.3 is 0 Å². The van der Waals surface area contributed by atoms with Crippen LogP contribution < -0.4 is 5.32 Å². The standard InChI is InChI=1S/C15H29BN2O2/c1-3-5-7-8-14(19)13-18(15(20)12-16)11-10-17-9-6-4-2/h17H,3-13H2,1-2H3. The van der Waals surface area contributed by atoms with Crippen molar-refractivity contribution in [3.63, 3.8) is 0 Å². The van der Waals surface area contributed by atoms with Gasteiger partial charge in [-0.15, -0.1) is 0 Å². The molecule has 2 radical (unpaired) electrons. The number of nitrogens with zero attached hydrogens (tertiary/aromatic N) is 1. The van der Waals surface area contributed by atoms with Gasteiger partial charge in [-0.25, -0.2) is 0 Å². The molecule has 1 N–H and O–H groups in total. The van der Waals surface area contributed by atoms with Gasteiger partial charge in [0, 0.05) is 19.5 Å². The van der Waals surface area contributed by atoms with Crippen molar-refractivity contribution in [2.24, 2.45) is 0 Å². The predicted octanol–water partition coefficient (Wildman–Crippen LogP) is 1.94. The number of ketones is 1. The molecule has 0 aliphatic rings. The van der Waals surface area contributed by atoms with Crippen LogP contribution in [-0.4, -0.2) is 50.6 Å². The van der Waals surface area contributed by atoms with Gasteiger partial charge in [0.15, 0.2) is 5.78 Å². The molecule has 0 rings (SSSR count). The minimum absolute atomic E-state index is 0.0306. The lowest BCUT2D eigenvalue weighted by Gasteiger charge is -2.22. The fourth-order valence-corrected chi connectivity index (χ4v) is 1.93. The van der Waals surface area contributed by atoms with E-state index < -0.39 is 0 Å². The minimum atomic E-state index is -0.147. The third-order valence-electron chi connectivity index (χ3n) is 3.22. The van der Waals surface area contributed by atoms with E-state index in [4.69, 9.17) is 7.85 Å². The Kier molecular flexibility index (Phi) is 12.6. The average Bonchev–Trinajstić information content (AvgIpc) is 2.45. The molecular formula is C15H29BN2O2. The van der Waals surface area contributed by atoms with Crippen molar-refractivity contribution in [1.82, 2.24) is 10.2 Å². The lowest BCUT2D eigenvalue weighted by Crippen LogP contribution is -2.40. The van der Waals surface area contributed by atoms with Crippen molar-refractivity contribution >= 4 is 19.5 Å². The van der Waals surface area contributed by atoms with Crippen LogP contribution in [0.2, 0.25) is 6.32 Å². The van der Waals surface area contributed by atoms with Gasteiger partial charge < -0.3 is 10.2 Å². The molecule has 4 nitrogen and oxygen atoms in total. The van der Waals surface area contributed by atoms with Gasteiger partial charge in [-0.05, 0) is 25.7 Å². The molecule has 0 unspecified atom stereocenters. The first kappa shape index (κ1) is 19.2. The zero-order valence-corrected chi connectivity index (χ0v) is 13.1. The molecular weight excluding hydrogens is 251 g/mol. The van der Waals surface area contributed by atoms with Gasteiger partial charge in [-0.3, -0.25) is 9.59 Å². The van der Waals surface area contributed by atoms with Crippen LogP contribution in [-0.2, 0) is 9.59 Å². The Hall–Kier alpha value is -0.835. The maximum Gasteiger partial charge on any atom is 0.214 e. The monoisotopic (exact) mass is 280 g/mol. The van der Waals surface area contributed by atoms with Crippen molar-refractivity contribution in [3.8, 4) is 0 Å². The van der Waals surface area contributed by atoms with E-state index in [0.29, 0.717) is 19.5 Å². The first-order valence-corrected chi connectivity index (χ1v) is 7.85. The highest BCUT2D eigenvalue weighted by Crippen LogP contribution is 2.02. The van der Waals surface area contributed by atoms with E-state index in [2.05, 4.69) is 19.2 Å². The maximum atomic E-state index is 11.8. The van der Waals surface area contributed by atoms with Crippen LogP contribution in [0.25, 0.3) is 0 Å².